The molecule has 0 aliphatic rings. The molecule has 4 heteroatoms. The van der Waals surface area contributed by atoms with Crippen LogP contribution in [0.1, 0.15) is 97.8 Å². The third-order valence-electron chi connectivity index (χ3n) is 3.52. The third kappa shape index (κ3) is 26.2. The van der Waals surface area contributed by atoms with Crippen molar-refractivity contribution < 1.29 is 19.1 Å². The van der Waals surface area contributed by atoms with Crippen LogP contribution in [-0.4, -0.2) is 25.7 Å². The topological polar surface area (TPSA) is 52.6 Å². The molecule has 0 spiro atoms. The molecule has 0 saturated carbocycles. The van der Waals surface area contributed by atoms with Crippen molar-refractivity contribution in [3.8, 4) is 0 Å². The number of esters is 2. The standard InChI is InChI=1S/C10H20O2.C9H18O2/c1-3-4-5-6-7-8-9-12-10(2)11;1-3-4-5-6-7-8-9(10)11-2/h3-9H2,1-2H3;3-8H2,1-2H3. The first-order chi connectivity index (χ1) is 11.1. The molecule has 0 atom stereocenters. The van der Waals surface area contributed by atoms with Crippen molar-refractivity contribution >= 4 is 11.9 Å². The van der Waals surface area contributed by atoms with Crippen LogP contribution in [0.15, 0.2) is 0 Å². The number of hydrogen-bond donors (Lipinski definition) is 0. The highest BCUT2D eigenvalue weighted by Gasteiger charge is 1.98. The lowest BCUT2D eigenvalue weighted by Crippen LogP contribution is -1.99. The van der Waals surface area contributed by atoms with E-state index in [-0.39, 0.29) is 11.9 Å². The van der Waals surface area contributed by atoms with Crippen molar-refractivity contribution in [1.29, 1.82) is 0 Å². The Bertz CT molecular complexity index is 264. The summed E-state index contributed by atoms with van der Waals surface area (Å²) >= 11 is 0. The zero-order chi connectivity index (χ0) is 17.8. The number of carbonyl (C=O) groups is 2. The van der Waals surface area contributed by atoms with Crippen molar-refractivity contribution in [3.05, 3.63) is 0 Å². The van der Waals surface area contributed by atoms with Gasteiger partial charge in [-0.1, -0.05) is 71.6 Å². The highest BCUT2D eigenvalue weighted by Crippen LogP contribution is 2.05. The Morgan fingerprint density at radius 3 is 1.70 bits per heavy atom. The summed E-state index contributed by atoms with van der Waals surface area (Å²) in [5.74, 6) is -0.245. The maximum Gasteiger partial charge on any atom is 0.305 e. The number of unbranched alkanes of at least 4 members (excludes halogenated alkanes) is 9. The second kappa shape index (κ2) is 20.9. The van der Waals surface area contributed by atoms with Crippen LogP contribution in [0.4, 0.5) is 0 Å². The van der Waals surface area contributed by atoms with E-state index in [4.69, 9.17) is 4.74 Å². The molecule has 0 heterocycles. The van der Waals surface area contributed by atoms with Crippen LogP contribution in [0.25, 0.3) is 0 Å². The van der Waals surface area contributed by atoms with Gasteiger partial charge in [-0.25, -0.2) is 0 Å². The largest absolute Gasteiger partial charge is 0.469 e. The van der Waals surface area contributed by atoms with E-state index < -0.39 is 0 Å². The van der Waals surface area contributed by atoms with E-state index in [9.17, 15) is 9.59 Å². The Morgan fingerprint density at radius 2 is 1.22 bits per heavy atom. The molecule has 0 aromatic heterocycles. The maximum absolute atomic E-state index is 10.6. The van der Waals surface area contributed by atoms with Crippen molar-refractivity contribution in [3.63, 3.8) is 0 Å². The van der Waals surface area contributed by atoms with E-state index in [0.29, 0.717) is 13.0 Å². The zero-order valence-electron chi connectivity index (χ0n) is 15.8. The van der Waals surface area contributed by atoms with E-state index in [0.717, 1.165) is 19.3 Å². The summed E-state index contributed by atoms with van der Waals surface area (Å²) in [5, 5.41) is 0. The molecule has 0 aromatic carbocycles. The Hall–Kier alpha value is -1.06. The molecule has 0 saturated heterocycles. The molecule has 0 radical (unpaired) electrons. The minimum atomic E-state index is -0.163. The lowest BCUT2D eigenvalue weighted by atomic mass is 10.1. The van der Waals surface area contributed by atoms with Crippen molar-refractivity contribution in [2.75, 3.05) is 13.7 Å². The van der Waals surface area contributed by atoms with Crippen molar-refractivity contribution in [2.45, 2.75) is 97.8 Å². The number of hydrogen-bond acceptors (Lipinski definition) is 4. The van der Waals surface area contributed by atoms with Crippen LogP contribution < -0.4 is 0 Å². The average Bonchev–Trinajstić information content (AvgIpc) is 2.54. The van der Waals surface area contributed by atoms with E-state index in [1.807, 2.05) is 0 Å². The summed E-state index contributed by atoms with van der Waals surface area (Å²) < 4.78 is 9.33. The molecular weight excluding hydrogens is 292 g/mol. The smallest absolute Gasteiger partial charge is 0.305 e. The Morgan fingerprint density at radius 1 is 0.739 bits per heavy atom. The van der Waals surface area contributed by atoms with Crippen molar-refractivity contribution in [1.82, 2.24) is 0 Å². The van der Waals surface area contributed by atoms with Gasteiger partial charge < -0.3 is 9.47 Å². The molecule has 0 aliphatic carbocycles. The van der Waals surface area contributed by atoms with Gasteiger partial charge in [-0.3, -0.25) is 9.59 Å². The van der Waals surface area contributed by atoms with Crippen LogP contribution in [0.3, 0.4) is 0 Å². The van der Waals surface area contributed by atoms with E-state index in [1.165, 1.54) is 65.4 Å². The number of ether oxygens (including phenoxy) is 2. The SMILES string of the molecule is CCCCCCCC(=O)OC.CCCCCCCCOC(C)=O. The number of carbonyl (C=O) groups excluding carboxylic acids is 2. The first kappa shape index (κ1) is 24.2. The maximum atomic E-state index is 10.6. The summed E-state index contributed by atoms with van der Waals surface area (Å²) in [6, 6.07) is 0. The molecule has 0 aliphatic heterocycles. The average molecular weight is 331 g/mol. The fourth-order valence-electron chi connectivity index (χ4n) is 2.07. The second-order valence-corrected chi connectivity index (χ2v) is 5.85. The molecule has 0 aromatic rings. The first-order valence-corrected chi connectivity index (χ1v) is 9.28. The normalized spacial score (nSPS) is 9.74. The summed E-state index contributed by atoms with van der Waals surface area (Å²) in [6.07, 6.45) is 13.9. The van der Waals surface area contributed by atoms with Gasteiger partial charge in [0.25, 0.3) is 0 Å². The number of rotatable bonds is 13. The predicted octanol–water partition coefficient (Wildman–Crippen LogP) is 5.43. The van der Waals surface area contributed by atoms with Gasteiger partial charge in [-0.15, -0.1) is 0 Å². The number of methoxy groups -OCH3 is 1. The van der Waals surface area contributed by atoms with E-state index in [2.05, 4.69) is 18.6 Å². The van der Waals surface area contributed by atoms with Gasteiger partial charge in [0.2, 0.25) is 0 Å². The molecule has 0 rings (SSSR count). The van der Waals surface area contributed by atoms with Crippen LogP contribution in [0, 0.1) is 0 Å². The van der Waals surface area contributed by atoms with Crippen LogP contribution in [-0.2, 0) is 19.1 Å². The molecule has 138 valence electrons. The van der Waals surface area contributed by atoms with Gasteiger partial charge in [0.05, 0.1) is 13.7 Å². The highest BCUT2D eigenvalue weighted by molar-refractivity contribution is 5.68. The minimum Gasteiger partial charge on any atom is -0.469 e. The highest BCUT2D eigenvalue weighted by atomic mass is 16.5. The predicted molar refractivity (Wildman–Crippen MR) is 95.4 cm³/mol. The van der Waals surface area contributed by atoms with Crippen LogP contribution in [0.2, 0.25) is 0 Å². The van der Waals surface area contributed by atoms with E-state index in [1.54, 1.807) is 0 Å². The second-order valence-electron chi connectivity index (χ2n) is 5.85. The molecular formula is C19H38O4. The summed E-state index contributed by atoms with van der Waals surface area (Å²) in [6.45, 7) is 6.44. The van der Waals surface area contributed by atoms with E-state index >= 15 is 0 Å². The van der Waals surface area contributed by atoms with Gasteiger partial charge in [-0.05, 0) is 12.8 Å². The van der Waals surface area contributed by atoms with Gasteiger partial charge >= 0.3 is 11.9 Å². The molecule has 0 fully saturated rings. The quantitative estimate of drug-likeness (QED) is 0.334. The first-order valence-electron chi connectivity index (χ1n) is 9.28. The molecule has 23 heavy (non-hydrogen) atoms. The Labute approximate surface area is 143 Å². The fraction of sp³-hybridized carbons (Fsp3) is 0.895. The minimum absolute atomic E-state index is 0.0819. The zero-order valence-corrected chi connectivity index (χ0v) is 15.8. The summed E-state index contributed by atoms with van der Waals surface area (Å²) in [5.41, 5.74) is 0. The molecule has 0 unspecified atom stereocenters. The molecule has 4 nitrogen and oxygen atoms in total. The lowest BCUT2D eigenvalue weighted by Gasteiger charge is -2.01. The van der Waals surface area contributed by atoms with Gasteiger partial charge in [0.1, 0.15) is 0 Å². The third-order valence-corrected chi connectivity index (χ3v) is 3.52. The van der Waals surface area contributed by atoms with Gasteiger partial charge in [0, 0.05) is 13.3 Å². The van der Waals surface area contributed by atoms with Gasteiger partial charge in [-0.2, -0.15) is 0 Å². The van der Waals surface area contributed by atoms with Crippen molar-refractivity contribution in [2.24, 2.45) is 0 Å². The lowest BCUT2D eigenvalue weighted by molar-refractivity contribution is -0.141. The molecule has 0 bridgehead atoms. The van der Waals surface area contributed by atoms with Crippen LogP contribution >= 0.6 is 0 Å². The molecule has 0 amide bonds. The van der Waals surface area contributed by atoms with Crippen LogP contribution in [0.5, 0.6) is 0 Å². The fourth-order valence-corrected chi connectivity index (χ4v) is 2.07. The Kier molecular flexibility index (Phi) is 22.0. The summed E-state index contributed by atoms with van der Waals surface area (Å²) in [4.78, 5) is 21.0. The molecule has 0 N–H and O–H groups in total. The Balaban J connectivity index is 0. The summed E-state index contributed by atoms with van der Waals surface area (Å²) in [7, 11) is 1.44. The van der Waals surface area contributed by atoms with Gasteiger partial charge in [0.15, 0.2) is 0 Å². The monoisotopic (exact) mass is 330 g/mol.